The summed E-state index contributed by atoms with van der Waals surface area (Å²) in [6, 6.07) is 0. The van der Waals surface area contributed by atoms with Crippen molar-refractivity contribution in [2.45, 2.75) is 271 Å². The van der Waals surface area contributed by atoms with Crippen LogP contribution in [0.4, 0.5) is 0 Å². The number of hydrogen-bond donors (Lipinski definition) is 0. The zero-order chi connectivity index (χ0) is 39.6. The lowest BCUT2D eigenvalue weighted by molar-refractivity contribution is -0.167. The lowest BCUT2D eigenvalue weighted by Crippen LogP contribution is -2.30. The molecule has 6 heteroatoms. The summed E-state index contributed by atoms with van der Waals surface area (Å²) in [5.41, 5.74) is 0. The quantitative estimate of drug-likeness (QED) is 0.0349. The smallest absolute Gasteiger partial charge is 0.306 e. The molecule has 0 fully saturated rings. The minimum Gasteiger partial charge on any atom is -0.462 e. The first kappa shape index (κ1) is 52.4. The van der Waals surface area contributed by atoms with Gasteiger partial charge in [-0.15, -0.1) is 0 Å². The van der Waals surface area contributed by atoms with Crippen LogP contribution >= 0.6 is 0 Å². The molecule has 0 aliphatic rings. The zero-order valence-electron chi connectivity index (χ0n) is 36.7. The van der Waals surface area contributed by atoms with E-state index in [0.29, 0.717) is 19.3 Å². The van der Waals surface area contributed by atoms with Crippen molar-refractivity contribution < 1.29 is 28.6 Å². The highest BCUT2D eigenvalue weighted by Gasteiger charge is 2.19. The van der Waals surface area contributed by atoms with E-state index in [2.05, 4.69) is 27.7 Å². The monoisotopic (exact) mass is 765 g/mol. The third kappa shape index (κ3) is 41.6. The molecular formula is C48H92O6. The summed E-state index contributed by atoms with van der Waals surface area (Å²) >= 11 is 0. The summed E-state index contributed by atoms with van der Waals surface area (Å²) in [6.45, 7) is 8.99. The van der Waals surface area contributed by atoms with Crippen molar-refractivity contribution >= 4 is 17.9 Å². The fraction of sp³-hybridized carbons (Fsp3) is 0.938. The molecule has 320 valence electrons. The second kappa shape index (κ2) is 42.6. The zero-order valence-corrected chi connectivity index (χ0v) is 36.7. The number of carbonyl (C=O) groups is 3. The van der Waals surface area contributed by atoms with Gasteiger partial charge in [-0.1, -0.05) is 227 Å². The molecule has 0 aromatic carbocycles. The maximum atomic E-state index is 12.7. The van der Waals surface area contributed by atoms with E-state index in [-0.39, 0.29) is 31.1 Å². The molecule has 0 rings (SSSR count). The van der Waals surface area contributed by atoms with E-state index in [1.54, 1.807) is 0 Å². The summed E-state index contributed by atoms with van der Waals surface area (Å²) in [5, 5.41) is 0. The molecule has 0 saturated carbocycles. The van der Waals surface area contributed by atoms with Gasteiger partial charge in [0.25, 0.3) is 0 Å². The van der Waals surface area contributed by atoms with Crippen molar-refractivity contribution in [1.29, 1.82) is 0 Å². The molecule has 6 nitrogen and oxygen atoms in total. The van der Waals surface area contributed by atoms with Crippen molar-refractivity contribution in [2.75, 3.05) is 13.2 Å². The largest absolute Gasteiger partial charge is 0.462 e. The van der Waals surface area contributed by atoms with Crippen LogP contribution in [0.25, 0.3) is 0 Å². The number of unbranched alkanes of at least 4 members (excludes halogenated alkanes) is 30. The van der Waals surface area contributed by atoms with Gasteiger partial charge >= 0.3 is 17.9 Å². The maximum absolute atomic E-state index is 12.7. The first-order chi connectivity index (χ1) is 26.4. The Bertz CT molecular complexity index is 811. The van der Waals surface area contributed by atoms with Crippen molar-refractivity contribution in [3.05, 3.63) is 0 Å². The van der Waals surface area contributed by atoms with Gasteiger partial charge in [-0.3, -0.25) is 14.4 Å². The maximum Gasteiger partial charge on any atom is 0.306 e. The highest BCUT2D eigenvalue weighted by molar-refractivity contribution is 5.71. The summed E-state index contributed by atoms with van der Waals surface area (Å²) in [7, 11) is 0. The highest BCUT2D eigenvalue weighted by Crippen LogP contribution is 2.16. The standard InChI is InChI=1S/C48H92O6/c1-5-7-9-11-13-15-17-20-24-27-31-35-39-46(49)52-42-45(54-48(51)41-37-33-29-23-16-14-12-10-8-6-2)43-53-47(50)40-36-32-28-25-21-18-19-22-26-30-34-38-44(3)4/h44-45H,5-43H2,1-4H3/t45-/m1/s1. The summed E-state index contributed by atoms with van der Waals surface area (Å²) in [5.74, 6) is -0.0250. The molecule has 1 atom stereocenters. The summed E-state index contributed by atoms with van der Waals surface area (Å²) < 4.78 is 16.7. The number of hydrogen-bond acceptors (Lipinski definition) is 6. The van der Waals surface area contributed by atoms with Gasteiger partial charge in [0, 0.05) is 19.3 Å². The normalized spacial score (nSPS) is 11.9. The van der Waals surface area contributed by atoms with Crippen LogP contribution in [0.1, 0.15) is 265 Å². The topological polar surface area (TPSA) is 78.9 Å². The van der Waals surface area contributed by atoms with E-state index in [0.717, 1.165) is 63.7 Å². The van der Waals surface area contributed by atoms with E-state index >= 15 is 0 Å². The Morgan fingerprint density at radius 1 is 0.352 bits per heavy atom. The molecule has 0 bridgehead atoms. The van der Waals surface area contributed by atoms with Gasteiger partial charge in [0.2, 0.25) is 0 Å². The lowest BCUT2D eigenvalue weighted by atomic mass is 10.0. The minimum atomic E-state index is -0.759. The molecule has 0 spiro atoms. The predicted molar refractivity (Wildman–Crippen MR) is 229 cm³/mol. The predicted octanol–water partition coefficient (Wildman–Crippen LogP) is 15.1. The first-order valence-corrected chi connectivity index (χ1v) is 23.9. The molecule has 0 N–H and O–H groups in total. The van der Waals surface area contributed by atoms with Crippen molar-refractivity contribution in [3.63, 3.8) is 0 Å². The Labute approximate surface area is 336 Å². The molecular weight excluding hydrogens is 673 g/mol. The average molecular weight is 765 g/mol. The Morgan fingerprint density at radius 2 is 0.611 bits per heavy atom. The molecule has 0 unspecified atom stereocenters. The van der Waals surface area contributed by atoms with Crippen LogP contribution in [-0.4, -0.2) is 37.2 Å². The van der Waals surface area contributed by atoms with Crippen molar-refractivity contribution in [3.8, 4) is 0 Å². The average Bonchev–Trinajstić information content (AvgIpc) is 3.15. The van der Waals surface area contributed by atoms with Crippen molar-refractivity contribution in [2.24, 2.45) is 5.92 Å². The number of esters is 3. The molecule has 0 saturated heterocycles. The Balaban J connectivity index is 4.30. The fourth-order valence-corrected chi connectivity index (χ4v) is 7.16. The number of carbonyl (C=O) groups excluding carboxylic acids is 3. The van der Waals surface area contributed by atoms with Gasteiger partial charge in [0.1, 0.15) is 13.2 Å². The van der Waals surface area contributed by atoms with Crippen LogP contribution in [0.5, 0.6) is 0 Å². The third-order valence-electron chi connectivity index (χ3n) is 10.8. The number of rotatable bonds is 43. The lowest BCUT2D eigenvalue weighted by Gasteiger charge is -2.18. The van der Waals surface area contributed by atoms with Crippen LogP contribution < -0.4 is 0 Å². The van der Waals surface area contributed by atoms with Crippen LogP contribution in [-0.2, 0) is 28.6 Å². The Morgan fingerprint density at radius 3 is 0.907 bits per heavy atom. The Kier molecular flexibility index (Phi) is 41.3. The van der Waals surface area contributed by atoms with Crippen molar-refractivity contribution in [1.82, 2.24) is 0 Å². The molecule has 0 aromatic heterocycles. The highest BCUT2D eigenvalue weighted by atomic mass is 16.6. The minimum absolute atomic E-state index is 0.0634. The van der Waals surface area contributed by atoms with Gasteiger partial charge in [-0.25, -0.2) is 0 Å². The van der Waals surface area contributed by atoms with Crippen LogP contribution in [0.2, 0.25) is 0 Å². The number of ether oxygens (including phenoxy) is 3. The van der Waals surface area contributed by atoms with Crippen LogP contribution in [0.3, 0.4) is 0 Å². The third-order valence-corrected chi connectivity index (χ3v) is 10.8. The van der Waals surface area contributed by atoms with Crippen LogP contribution in [0, 0.1) is 5.92 Å². The first-order valence-electron chi connectivity index (χ1n) is 23.9. The molecule has 0 aliphatic heterocycles. The molecule has 0 aliphatic carbocycles. The fourth-order valence-electron chi connectivity index (χ4n) is 7.16. The Hall–Kier alpha value is -1.59. The summed E-state index contributed by atoms with van der Waals surface area (Å²) in [4.78, 5) is 37.7. The van der Waals surface area contributed by atoms with Gasteiger partial charge < -0.3 is 14.2 Å². The molecule has 0 amide bonds. The summed E-state index contributed by atoms with van der Waals surface area (Å²) in [6.07, 6.45) is 42.2. The van der Waals surface area contributed by atoms with E-state index < -0.39 is 6.10 Å². The van der Waals surface area contributed by atoms with E-state index in [1.807, 2.05) is 0 Å². The van der Waals surface area contributed by atoms with Gasteiger partial charge in [-0.2, -0.15) is 0 Å². The molecule has 0 heterocycles. The molecule has 54 heavy (non-hydrogen) atoms. The SMILES string of the molecule is CCCCCCCCCCCCCCC(=O)OC[C@H](COC(=O)CCCCCCCCCCCCCC(C)C)OC(=O)CCCCCCCCCCCC. The van der Waals surface area contributed by atoms with Gasteiger partial charge in [-0.05, 0) is 25.2 Å². The van der Waals surface area contributed by atoms with Gasteiger partial charge in [0.05, 0.1) is 0 Å². The molecule has 0 aromatic rings. The second-order valence-electron chi connectivity index (χ2n) is 16.9. The van der Waals surface area contributed by atoms with E-state index in [9.17, 15) is 14.4 Å². The van der Waals surface area contributed by atoms with Crippen LogP contribution in [0.15, 0.2) is 0 Å². The van der Waals surface area contributed by atoms with Gasteiger partial charge in [0.15, 0.2) is 6.10 Å². The van der Waals surface area contributed by atoms with E-state index in [4.69, 9.17) is 14.2 Å². The van der Waals surface area contributed by atoms with E-state index in [1.165, 1.54) is 161 Å². The second-order valence-corrected chi connectivity index (χ2v) is 16.9. The molecule has 0 radical (unpaired) electrons.